The zero-order chi connectivity index (χ0) is 17.3. The lowest BCUT2D eigenvalue weighted by atomic mass is 10.1. The van der Waals surface area contributed by atoms with E-state index in [4.69, 9.17) is 10.7 Å². The number of amidine groups is 1. The van der Waals surface area contributed by atoms with Crippen molar-refractivity contribution < 1.29 is 0 Å². The maximum Gasteiger partial charge on any atom is 0.137 e. The fourth-order valence-corrected chi connectivity index (χ4v) is 2.78. The number of nitrogens with zero attached hydrogens (tertiary/aromatic N) is 3. The summed E-state index contributed by atoms with van der Waals surface area (Å²) in [4.78, 5) is 9.05. The Bertz CT molecular complexity index is 773. The van der Waals surface area contributed by atoms with Crippen LogP contribution in [0.5, 0.6) is 0 Å². The van der Waals surface area contributed by atoms with Gasteiger partial charge in [0.2, 0.25) is 0 Å². The minimum absolute atomic E-state index is 0.168. The molecule has 0 saturated heterocycles. The number of aromatic nitrogens is 1. The van der Waals surface area contributed by atoms with Gasteiger partial charge < -0.3 is 21.3 Å². The van der Waals surface area contributed by atoms with E-state index in [1.54, 1.807) is 6.92 Å². The Kier molecular flexibility index (Phi) is 4.69. The summed E-state index contributed by atoms with van der Waals surface area (Å²) in [6.07, 6.45) is 1.47. The lowest BCUT2D eigenvalue weighted by molar-refractivity contribution is 0.385. The second-order valence-electron chi connectivity index (χ2n) is 6.37. The SMILES string of the molecule is CCC(N)CCNc1nc2ccc(C)cc2cc1C1=NC(C)N1[O-]. The summed E-state index contributed by atoms with van der Waals surface area (Å²) in [5.74, 6) is 1.14. The van der Waals surface area contributed by atoms with E-state index in [1.165, 1.54) is 0 Å². The minimum atomic E-state index is -0.324. The lowest BCUT2D eigenvalue weighted by Gasteiger charge is -2.44. The van der Waals surface area contributed by atoms with Crippen molar-refractivity contribution in [2.24, 2.45) is 10.7 Å². The van der Waals surface area contributed by atoms with Crippen LogP contribution in [-0.2, 0) is 0 Å². The maximum absolute atomic E-state index is 12.1. The van der Waals surface area contributed by atoms with Gasteiger partial charge in [-0.25, -0.2) is 9.98 Å². The Morgan fingerprint density at radius 3 is 2.83 bits per heavy atom. The van der Waals surface area contributed by atoms with E-state index >= 15 is 0 Å². The van der Waals surface area contributed by atoms with E-state index in [2.05, 4.69) is 23.3 Å². The molecule has 3 N–H and O–H groups in total. The Labute approximate surface area is 142 Å². The first kappa shape index (κ1) is 16.7. The highest BCUT2D eigenvalue weighted by Crippen LogP contribution is 2.27. The Balaban J connectivity index is 1.95. The van der Waals surface area contributed by atoms with Crippen LogP contribution in [0.1, 0.15) is 37.8 Å². The van der Waals surface area contributed by atoms with Crippen molar-refractivity contribution in [3.63, 3.8) is 0 Å². The number of nitrogens with one attached hydrogen (secondary N) is 1. The predicted octanol–water partition coefficient (Wildman–Crippen LogP) is 2.99. The van der Waals surface area contributed by atoms with Crippen LogP contribution in [0.2, 0.25) is 0 Å². The topological polar surface area (TPSA) is 89.6 Å². The number of nitrogens with two attached hydrogens (primary N) is 1. The summed E-state index contributed by atoms with van der Waals surface area (Å²) in [6, 6.07) is 8.26. The predicted molar refractivity (Wildman–Crippen MR) is 99.1 cm³/mol. The van der Waals surface area contributed by atoms with Crippen LogP contribution >= 0.6 is 0 Å². The average Bonchev–Trinajstić information content (AvgIpc) is 2.58. The molecule has 0 fully saturated rings. The average molecular weight is 326 g/mol. The first-order valence-electron chi connectivity index (χ1n) is 8.45. The van der Waals surface area contributed by atoms with Gasteiger partial charge >= 0.3 is 0 Å². The number of hydroxylamine groups is 2. The van der Waals surface area contributed by atoms with Crippen molar-refractivity contribution in [2.75, 3.05) is 11.9 Å². The molecule has 1 aromatic carbocycles. The van der Waals surface area contributed by atoms with Crippen LogP contribution in [0.3, 0.4) is 0 Å². The smallest absolute Gasteiger partial charge is 0.137 e. The molecule has 6 nitrogen and oxygen atoms in total. The van der Waals surface area contributed by atoms with Gasteiger partial charge in [-0.3, -0.25) is 0 Å². The molecular formula is C18H24N5O-. The first-order chi connectivity index (χ1) is 11.5. The van der Waals surface area contributed by atoms with Gasteiger partial charge in [0, 0.05) is 18.0 Å². The molecule has 0 saturated carbocycles. The summed E-state index contributed by atoms with van der Waals surface area (Å²) in [5, 5.41) is 17.3. The molecular weight excluding hydrogens is 302 g/mol. The zero-order valence-electron chi connectivity index (χ0n) is 14.4. The number of rotatable bonds is 6. The maximum atomic E-state index is 12.1. The molecule has 128 valence electrons. The number of fused-ring (bicyclic) bond motifs is 1. The van der Waals surface area contributed by atoms with E-state index in [0.717, 1.165) is 39.9 Å². The molecule has 2 unspecified atom stereocenters. The number of aryl methyl sites for hydroxylation is 1. The van der Waals surface area contributed by atoms with Gasteiger partial charge in [0.05, 0.1) is 11.1 Å². The molecule has 0 amide bonds. The van der Waals surface area contributed by atoms with Crippen molar-refractivity contribution in [3.05, 3.63) is 40.6 Å². The second-order valence-corrected chi connectivity index (χ2v) is 6.37. The fourth-order valence-electron chi connectivity index (χ4n) is 2.78. The molecule has 0 bridgehead atoms. The normalized spacial score (nSPS) is 18.3. The molecule has 0 aliphatic carbocycles. The highest BCUT2D eigenvalue weighted by molar-refractivity contribution is 6.08. The van der Waals surface area contributed by atoms with Crippen molar-refractivity contribution in [2.45, 2.75) is 45.8 Å². The third-order valence-electron chi connectivity index (χ3n) is 4.40. The van der Waals surface area contributed by atoms with Gasteiger partial charge in [-0.1, -0.05) is 18.6 Å². The Morgan fingerprint density at radius 2 is 2.17 bits per heavy atom. The van der Waals surface area contributed by atoms with Crippen molar-refractivity contribution >= 4 is 22.6 Å². The highest BCUT2D eigenvalue weighted by Gasteiger charge is 2.24. The lowest BCUT2D eigenvalue weighted by Crippen LogP contribution is -2.43. The van der Waals surface area contributed by atoms with Crippen LogP contribution in [0.15, 0.2) is 29.3 Å². The summed E-state index contributed by atoms with van der Waals surface area (Å²) in [6.45, 7) is 6.61. The van der Waals surface area contributed by atoms with Gasteiger partial charge in [-0.05, 0) is 44.9 Å². The minimum Gasteiger partial charge on any atom is -0.756 e. The second kappa shape index (κ2) is 6.75. The summed E-state index contributed by atoms with van der Waals surface area (Å²) < 4.78 is 0. The Hall–Kier alpha value is -2.18. The van der Waals surface area contributed by atoms with Crippen LogP contribution in [-0.4, -0.2) is 34.6 Å². The molecule has 1 aliphatic rings. The van der Waals surface area contributed by atoms with E-state index in [9.17, 15) is 5.21 Å². The van der Waals surface area contributed by atoms with Crippen molar-refractivity contribution in [3.8, 4) is 0 Å². The third-order valence-corrected chi connectivity index (χ3v) is 4.40. The quantitative estimate of drug-likeness (QED) is 0.852. The Morgan fingerprint density at radius 1 is 1.38 bits per heavy atom. The third kappa shape index (κ3) is 3.20. The van der Waals surface area contributed by atoms with Gasteiger partial charge in [-0.2, -0.15) is 0 Å². The molecule has 1 aromatic heterocycles. The van der Waals surface area contributed by atoms with E-state index < -0.39 is 0 Å². The number of benzene rings is 1. The molecule has 2 aromatic rings. The molecule has 24 heavy (non-hydrogen) atoms. The first-order valence-corrected chi connectivity index (χ1v) is 8.45. The van der Waals surface area contributed by atoms with E-state index in [0.29, 0.717) is 18.2 Å². The number of pyridine rings is 1. The zero-order valence-corrected chi connectivity index (χ0v) is 14.4. The summed E-state index contributed by atoms with van der Waals surface area (Å²) in [5.41, 5.74) is 8.79. The summed E-state index contributed by atoms with van der Waals surface area (Å²) >= 11 is 0. The number of aliphatic imine (C=N–C) groups is 1. The van der Waals surface area contributed by atoms with Crippen molar-refractivity contribution in [1.82, 2.24) is 10.0 Å². The highest BCUT2D eigenvalue weighted by atomic mass is 16.5. The van der Waals surface area contributed by atoms with E-state index in [-0.39, 0.29) is 12.2 Å². The van der Waals surface area contributed by atoms with Crippen LogP contribution in [0.25, 0.3) is 10.9 Å². The fraction of sp³-hybridized carbons (Fsp3) is 0.444. The number of anilines is 1. The molecule has 6 heteroatoms. The van der Waals surface area contributed by atoms with Gasteiger partial charge in [0.1, 0.15) is 17.8 Å². The molecule has 3 rings (SSSR count). The number of hydrogen-bond acceptors (Lipinski definition) is 6. The van der Waals surface area contributed by atoms with Crippen LogP contribution in [0, 0.1) is 12.1 Å². The number of hydrogen-bond donors (Lipinski definition) is 2. The van der Waals surface area contributed by atoms with E-state index in [1.807, 2.05) is 25.1 Å². The molecule has 1 aliphatic heterocycles. The van der Waals surface area contributed by atoms with Crippen LogP contribution < -0.4 is 11.1 Å². The van der Waals surface area contributed by atoms with Gasteiger partial charge in [0.25, 0.3) is 0 Å². The molecule has 2 atom stereocenters. The standard InChI is InChI=1S/C18H24N5O/c1-4-14(19)7-8-20-17-15(18-21-12(3)23(18)24)10-13-9-11(2)5-6-16(13)22-17/h5-6,9-10,12,14H,4,7-8,19H2,1-3H3,(H,20,22)/q-1. The van der Waals surface area contributed by atoms with Crippen LogP contribution in [0.4, 0.5) is 5.82 Å². The largest absolute Gasteiger partial charge is 0.756 e. The molecule has 0 spiro atoms. The van der Waals surface area contributed by atoms with Gasteiger partial charge in [0.15, 0.2) is 0 Å². The van der Waals surface area contributed by atoms with Crippen molar-refractivity contribution in [1.29, 1.82) is 0 Å². The molecule has 2 heterocycles. The monoisotopic (exact) mass is 326 g/mol. The molecule has 0 radical (unpaired) electrons. The van der Waals surface area contributed by atoms with Gasteiger partial charge in [-0.15, -0.1) is 0 Å². The summed E-state index contributed by atoms with van der Waals surface area (Å²) in [7, 11) is 0.